The Morgan fingerprint density at radius 3 is 2.06 bits per heavy atom. The van der Waals surface area contributed by atoms with Gasteiger partial charge in [-0.05, 0) is 23.8 Å². The fourth-order valence-corrected chi connectivity index (χ4v) is 1.89. The normalized spacial score (nSPS) is 11.5. The molecule has 0 aliphatic heterocycles. The van der Waals surface area contributed by atoms with Crippen LogP contribution >= 0.6 is 0 Å². The van der Waals surface area contributed by atoms with Crippen molar-refractivity contribution in [2.45, 2.75) is 32.1 Å². The van der Waals surface area contributed by atoms with E-state index in [1.807, 2.05) is 44.2 Å². The Hall–Kier alpha value is -1.84. The summed E-state index contributed by atoms with van der Waals surface area (Å²) in [5, 5.41) is 17.7. The van der Waals surface area contributed by atoms with E-state index in [2.05, 4.69) is 0 Å². The van der Waals surface area contributed by atoms with E-state index in [4.69, 9.17) is 10.2 Å². The van der Waals surface area contributed by atoms with Gasteiger partial charge >= 0.3 is 11.9 Å². The summed E-state index contributed by atoms with van der Waals surface area (Å²) in [6.07, 6.45) is 0.646. The molecule has 0 saturated heterocycles. The van der Waals surface area contributed by atoms with Crippen LogP contribution in [0.5, 0.6) is 0 Å². The molecular weight excluding hydrogens is 232 g/mol. The molecule has 0 aliphatic carbocycles. The second-order valence-corrected chi connectivity index (χ2v) is 5.02. The minimum absolute atomic E-state index is 0.132. The maximum atomic E-state index is 10.8. The SMILES string of the molecule is CC(C)(CCC(C(=O)O)C(=O)O)c1ccccc1. The Balaban J connectivity index is 2.72. The van der Waals surface area contributed by atoms with E-state index in [1.165, 1.54) is 0 Å². The number of aliphatic carboxylic acids is 2. The van der Waals surface area contributed by atoms with E-state index in [1.54, 1.807) is 0 Å². The zero-order chi connectivity index (χ0) is 13.8. The third-order valence-electron chi connectivity index (χ3n) is 3.21. The van der Waals surface area contributed by atoms with Crippen molar-refractivity contribution in [1.29, 1.82) is 0 Å². The lowest BCUT2D eigenvalue weighted by Crippen LogP contribution is -2.27. The smallest absolute Gasteiger partial charge is 0.317 e. The summed E-state index contributed by atoms with van der Waals surface area (Å²) in [4.78, 5) is 21.6. The van der Waals surface area contributed by atoms with Crippen LogP contribution in [0, 0.1) is 5.92 Å². The van der Waals surface area contributed by atoms with Crippen molar-refractivity contribution in [1.82, 2.24) is 0 Å². The quantitative estimate of drug-likeness (QED) is 0.761. The number of benzene rings is 1. The van der Waals surface area contributed by atoms with Gasteiger partial charge in [-0.15, -0.1) is 0 Å². The van der Waals surface area contributed by atoms with Crippen molar-refractivity contribution < 1.29 is 19.8 Å². The third kappa shape index (κ3) is 3.58. The van der Waals surface area contributed by atoms with Gasteiger partial charge in [0.05, 0.1) is 0 Å². The molecule has 1 aromatic carbocycles. The molecule has 0 unspecified atom stereocenters. The van der Waals surface area contributed by atoms with Crippen LogP contribution in [-0.2, 0) is 15.0 Å². The molecule has 0 fully saturated rings. The van der Waals surface area contributed by atoms with Gasteiger partial charge in [0.15, 0.2) is 5.92 Å². The molecule has 0 aliphatic rings. The summed E-state index contributed by atoms with van der Waals surface area (Å²) >= 11 is 0. The van der Waals surface area contributed by atoms with Crippen LogP contribution in [0.15, 0.2) is 30.3 Å². The maximum absolute atomic E-state index is 10.8. The van der Waals surface area contributed by atoms with Crippen molar-refractivity contribution >= 4 is 11.9 Å². The lowest BCUT2D eigenvalue weighted by molar-refractivity contribution is -0.154. The van der Waals surface area contributed by atoms with Gasteiger partial charge in [-0.3, -0.25) is 9.59 Å². The van der Waals surface area contributed by atoms with Crippen molar-refractivity contribution in [3.63, 3.8) is 0 Å². The molecule has 0 radical (unpaired) electrons. The summed E-state index contributed by atoms with van der Waals surface area (Å²) < 4.78 is 0. The molecule has 4 heteroatoms. The van der Waals surface area contributed by atoms with E-state index < -0.39 is 17.9 Å². The van der Waals surface area contributed by atoms with Crippen molar-refractivity contribution in [3.8, 4) is 0 Å². The minimum Gasteiger partial charge on any atom is -0.481 e. The Bertz CT molecular complexity index is 409. The zero-order valence-electron chi connectivity index (χ0n) is 10.6. The molecule has 0 heterocycles. The monoisotopic (exact) mass is 250 g/mol. The fraction of sp³-hybridized carbons (Fsp3) is 0.429. The molecule has 0 spiro atoms. The largest absolute Gasteiger partial charge is 0.481 e. The van der Waals surface area contributed by atoms with Crippen LogP contribution in [0.1, 0.15) is 32.3 Å². The first-order chi connectivity index (χ1) is 8.34. The molecule has 2 N–H and O–H groups in total. The highest BCUT2D eigenvalue weighted by atomic mass is 16.4. The molecule has 0 bridgehead atoms. The number of hydrogen-bond donors (Lipinski definition) is 2. The molecule has 1 rings (SSSR count). The minimum atomic E-state index is -1.33. The Labute approximate surface area is 106 Å². The zero-order valence-corrected chi connectivity index (χ0v) is 10.6. The number of carboxylic acid groups (broad SMARTS) is 2. The number of rotatable bonds is 6. The molecule has 1 aromatic rings. The van der Waals surface area contributed by atoms with Crippen molar-refractivity contribution in [3.05, 3.63) is 35.9 Å². The number of hydrogen-bond acceptors (Lipinski definition) is 2. The average Bonchev–Trinajstić information content (AvgIpc) is 2.29. The van der Waals surface area contributed by atoms with Crippen molar-refractivity contribution in [2.75, 3.05) is 0 Å². The molecule has 18 heavy (non-hydrogen) atoms. The maximum Gasteiger partial charge on any atom is 0.317 e. The van der Waals surface area contributed by atoms with Crippen LogP contribution in [0.25, 0.3) is 0 Å². The Kier molecular flexibility index (Phi) is 4.48. The molecule has 98 valence electrons. The van der Waals surface area contributed by atoms with Crippen LogP contribution in [0.2, 0.25) is 0 Å². The van der Waals surface area contributed by atoms with Gasteiger partial charge < -0.3 is 10.2 Å². The molecule has 4 nitrogen and oxygen atoms in total. The summed E-state index contributed by atoms with van der Waals surface area (Å²) in [6, 6.07) is 9.69. The average molecular weight is 250 g/mol. The summed E-state index contributed by atoms with van der Waals surface area (Å²) in [7, 11) is 0. The van der Waals surface area contributed by atoms with Gasteiger partial charge in [0.25, 0.3) is 0 Å². The van der Waals surface area contributed by atoms with Gasteiger partial charge in [0.2, 0.25) is 0 Å². The standard InChI is InChI=1S/C14H18O4/c1-14(2,10-6-4-3-5-7-10)9-8-11(12(15)16)13(17)18/h3-7,11H,8-9H2,1-2H3,(H,15,16)(H,17,18). The lowest BCUT2D eigenvalue weighted by atomic mass is 9.79. The highest BCUT2D eigenvalue weighted by molar-refractivity contribution is 5.92. The first-order valence-electron chi connectivity index (χ1n) is 5.86. The van der Waals surface area contributed by atoms with Crippen LogP contribution < -0.4 is 0 Å². The summed E-state index contributed by atoms with van der Waals surface area (Å²) in [5.41, 5.74) is 0.851. The number of carboxylic acids is 2. The van der Waals surface area contributed by atoms with Gasteiger partial charge in [-0.25, -0.2) is 0 Å². The van der Waals surface area contributed by atoms with Gasteiger partial charge in [0, 0.05) is 0 Å². The second kappa shape index (κ2) is 5.67. The van der Waals surface area contributed by atoms with Crippen molar-refractivity contribution in [2.24, 2.45) is 5.92 Å². The van der Waals surface area contributed by atoms with Crippen LogP contribution in [0.4, 0.5) is 0 Å². The first kappa shape index (κ1) is 14.2. The van der Waals surface area contributed by atoms with E-state index in [9.17, 15) is 9.59 Å². The molecule has 0 saturated carbocycles. The predicted octanol–water partition coefficient (Wildman–Crippen LogP) is 2.53. The lowest BCUT2D eigenvalue weighted by Gasteiger charge is -2.26. The fourth-order valence-electron chi connectivity index (χ4n) is 1.89. The highest BCUT2D eigenvalue weighted by Crippen LogP contribution is 2.29. The molecule has 0 atom stereocenters. The van der Waals surface area contributed by atoms with E-state index >= 15 is 0 Å². The second-order valence-electron chi connectivity index (χ2n) is 5.02. The van der Waals surface area contributed by atoms with Crippen LogP contribution in [-0.4, -0.2) is 22.2 Å². The van der Waals surface area contributed by atoms with Gasteiger partial charge in [-0.2, -0.15) is 0 Å². The number of carbonyl (C=O) groups is 2. The molecule has 0 aromatic heterocycles. The molecular formula is C14H18O4. The third-order valence-corrected chi connectivity index (χ3v) is 3.21. The first-order valence-corrected chi connectivity index (χ1v) is 5.86. The predicted molar refractivity (Wildman–Crippen MR) is 67.5 cm³/mol. The van der Waals surface area contributed by atoms with Gasteiger partial charge in [0.1, 0.15) is 0 Å². The Morgan fingerprint density at radius 1 is 1.11 bits per heavy atom. The summed E-state index contributed by atoms with van der Waals surface area (Å²) in [6.45, 7) is 3.98. The van der Waals surface area contributed by atoms with E-state index in [0.717, 1.165) is 5.56 Å². The van der Waals surface area contributed by atoms with E-state index in [0.29, 0.717) is 6.42 Å². The summed E-state index contributed by atoms with van der Waals surface area (Å²) in [5.74, 6) is -3.87. The van der Waals surface area contributed by atoms with Gasteiger partial charge in [-0.1, -0.05) is 44.2 Å². The molecule has 0 amide bonds. The highest BCUT2D eigenvalue weighted by Gasteiger charge is 2.29. The van der Waals surface area contributed by atoms with E-state index in [-0.39, 0.29) is 11.8 Å². The topological polar surface area (TPSA) is 74.6 Å². The van der Waals surface area contributed by atoms with Crippen LogP contribution in [0.3, 0.4) is 0 Å². The Morgan fingerprint density at radius 2 is 1.61 bits per heavy atom.